The zero-order valence-corrected chi connectivity index (χ0v) is 22.4. The molecule has 2 aromatic rings. The zero-order chi connectivity index (χ0) is 28.3. The van der Waals surface area contributed by atoms with E-state index in [2.05, 4.69) is 0 Å². The normalized spacial score (nSPS) is 16.7. The molecular weight excluding hydrogens is 530 g/mol. The molecule has 1 fully saturated rings. The summed E-state index contributed by atoms with van der Waals surface area (Å²) in [4.78, 5) is 16.3. The topological polar surface area (TPSA) is 79.4 Å². The number of halogens is 4. The molecule has 1 aliphatic rings. The predicted octanol–water partition coefficient (Wildman–Crippen LogP) is 3.86. The van der Waals surface area contributed by atoms with Gasteiger partial charge in [0.1, 0.15) is 11.6 Å². The Morgan fingerprint density at radius 1 is 1.13 bits per heavy atom. The summed E-state index contributed by atoms with van der Waals surface area (Å²) in [6.07, 6.45) is -4.28. The third kappa shape index (κ3) is 6.21. The summed E-state index contributed by atoms with van der Waals surface area (Å²) in [7, 11) is 0.592. The summed E-state index contributed by atoms with van der Waals surface area (Å²) in [5, 5.41) is 0. The van der Waals surface area contributed by atoms with Gasteiger partial charge >= 0.3 is 6.18 Å². The Bertz CT molecular complexity index is 1260. The molecule has 0 bridgehead atoms. The van der Waals surface area contributed by atoms with Crippen LogP contribution in [0, 0.1) is 5.82 Å². The molecule has 0 saturated carbocycles. The molecule has 1 amide bonds. The largest absolute Gasteiger partial charge is 0.495 e. The summed E-state index contributed by atoms with van der Waals surface area (Å²) in [6, 6.07) is 5.90. The van der Waals surface area contributed by atoms with Gasteiger partial charge in [0.05, 0.1) is 41.5 Å². The van der Waals surface area contributed by atoms with E-state index >= 15 is 0 Å². The lowest BCUT2D eigenvalue weighted by atomic mass is 10.0. The summed E-state index contributed by atoms with van der Waals surface area (Å²) in [5.41, 5.74) is -1.54. The van der Waals surface area contributed by atoms with E-state index < -0.39 is 45.1 Å². The number of benzene rings is 2. The van der Waals surface area contributed by atoms with Crippen molar-refractivity contribution in [2.24, 2.45) is 0 Å². The minimum absolute atomic E-state index is 0.0167. The highest BCUT2D eigenvalue weighted by molar-refractivity contribution is 7.89. The average molecular weight is 562 g/mol. The van der Waals surface area contributed by atoms with E-state index in [-0.39, 0.29) is 31.1 Å². The smallest absolute Gasteiger partial charge is 0.417 e. The van der Waals surface area contributed by atoms with Gasteiger partial charge < -0.3 is 19.3 Å². The number of rotatable bonds is 9. The molecule has 0 aliphatic carbocycles. The van der Waals surface area contributed by atoms with Gasteiger partial charge in [0.15, 0.2) is 0 Å². The maximum Gasteiger partial charge on any atom is 0.417 e. The maximum absolute atomic E-state index is 13.6. The Morgan fingerprint density at radius 2 is 1.84 bits per heavy atom. The van der Waals surface area contributed by atoms with Gasteiger partial charge in [0.2, 0.25) is 10.0 Å². The van der Waals surface area contributed by atoms with Gasteiger partial charge in [-0.3, -0.25) is 4.79 Å². The number of carbonyl (C=O) groups excluding carboxylic acids is 1. The van der Waals surface area contributed by atoms with Crippen LogP contribution in [-0.4, -0.2) is 83.6 Å². The van der Waals surface area contributed by atoms with Gasteiger partial charge in [-0.25, -0.2) is 17.1 Å². The monoisotopic (exact) mass is 561 g/mol. The van der Waals surface area contributed by atoms with Gasteiger partial charge in [-0.2, -0.15) is 13.2 Å². The number of piperazine rings is 1. The second kappa shape index (κ2) is 11.9. The summed E-state index contributed by atoms with van der Waals surface area (Å²) < 4.78 is 92.3. The number of amides is 1. The number of nitrogens with zero attached hydrogens (tertiary/aromatic N) is 3. The molecule has 13 heteroatoms. The fraction of sp³-hybridized carbons (Fsp3) is 0.480. The fourth-order valence-electron chi connectivity index (χ4n) is 4.47. The minimum Gasteiger partial charge on any atom is -0.495 e. The zero-order valence-electron chi connectivity index (χ0n) is 21.6. The number of anilines is 1. The molecule has 2 aromatic carbocycles. The molecule has 210 valence electrons. The van der Waals surface area contributed by atoms with Crippen LogP contribution in [0.3, 0.4) is 0 Å². The van der Waals surface area contributed by atoms with Crippen molar-refractivity contribution in [1.82, 2.24) is 9.21 Å². The second-order valence-electron chi connectivity index (χ2n) is 8.90. The molecule has 38 heavy (non-hydrogen) atoms. The first-order valence-electron chi connectivity index (χ1n) is 11.9. The van der Waals surface area contributed by atoms with Crippen molar-refractivity contribution in [2.45, 2.75) is 30.5 Å². The first kappa shape index (κ1) is 29.7. The van der Waals surface area contributed by atoms with Crippen molar-refractivity contribution in [1.29, 1.82) is 0 Å². The second-order valence-corrected chi connectivity index (χ2v) is 10.9. The van der Waals surface area contributed by atoms with Crippen molar-refractivity contribution in [2.75, 3.05) is 59.0 Å². The van der Waals surface area contributed by atoms with E-state index in [4.69, 9.17) is 9.47 Å². The van der Waals surface area contributed by atoms with E-state index in [0.717, 1.165) is 12.1 Å². The van der Waals surface area contributed by atoms with E-state index in [1.165, 1.54) is 48.7 Å². The highest BCUT2D eigenvalue weighted by Gasteiger charge is 2.39. The fourth-order valence-corrected chi connectivity index (χ4v) is 5.75. The molecule has 1 atom stereocenters. The number of methoxy groups -OCH3 is 2. The van der Waals surface area contributed by atoms with Gasteiger partial charge in [0, 0.05) is 40.3 Å². The number of alkyl halides is 3. The number of hydrogen-bond acceptors (Lipinski definition) is 6. The number of sulfonamides is 1. The molecule has 0 radical (unpaired) electrons. The van der Waals surface area contributed by atoms with E-state index in [0.29, 0.717) is 30.5 Å². The van der Waals surface area contributed by atoms with Crippen LogP contribution in [0.1, 0.15) is 29.3 Å². The van der Waals surface area contributed by atoms with Crippen LogP contribution in [-0.2, 0) is 20.9 Å². The molecule has 8 nitrogen and oxygen atoms in total. The van der Waals surface area contributed by atoms with Crippen LogP contribution < -0.4 is 9.64 Å². The molecule has 1 saturated heterocycles. The number of hydrogen-bond donors (Lipinski definition) is 0. The van der Waals surface area contributed by atoms with Gasteiger partial charge in [0.25, 0.3) is 5.91 Å². The standard InChI is InChI=1S/C25H31F4N3O5S/c1-5-10-30(2)38(34,35)19-7-9-23(37-4)22(14-19)32-12-11-31(15-18(32)16-36-3)24(33)20-8-6-17(26)13-21(20)25(27,28)29/h6-9,13-14,18H,5,10-12,15-16H2,1-4H3. The Morgan fingerprint density at radius 3 is 2.45 bits per heavy atom. The lowest BCUT2D eigenvalue weighted by Crippen LogP contribution is -2.56. The summed E-state index contributed by atoms with van der Waals surface area (Å²) >= 11 is 0. The Kier molecular flexibility index (Phi) is 9.26. The lowest BCUT2D eigenvalue weighted by molar-refractivity contribution is -0.138. The first-order valence-corrected chi connectivity index (χ1v) is 13.3. The molecule has 1 unspecified atom stereocenters. The Hall–Kier alpha value is -2.90. The molecule has 1 aliphatic heterocycles. The molecule has 1 heterocycles. The highest BCUT2D eigenvalue weighted by Crippen LogP contribution is 2.36. The van der Waals surface area contributed by atoms with Crippen LogP contribution in [0.5, 0.6) is 5.75 Å². The molecule has 0 spiro atoms. The van der Waals surface area contributed by atoms with Gasteiger partial charge in [-0.1, -0.05) is 6.92 Å². The quantitative estimate of drug-likeness (QED) is 0.433. The van der Waals surface area contributed by atoms with Crippen molar-refractivity contribution in [3.8, 4) is 5.75 Å². The molecular formula is C25H31F4N3O5S. The SMILES string of the molecule is CCCN(C)S(=O)(=O)c1ccc(OC)c(N2CCN(C(=O)c3ccc(F)cc3C(F)(F)F)CC2COC)c1. The van der Waals surface area contributed by atoms with Crippen LogP contribution >= 0.6 is 0 Å². The van der Waals surface area contributed by atoms with E-state index in [9.17, 15) is 30.8 Å². The Balaban J connectivity index is 1.96. The van der Waals surface area contributed by atoms with Gasteiger partial charge in [-0.15, -0.1) is 0 Å². The van der Waals surface area contributed by atoms with Gasteiger partial charge in [-0.05, 0) is 42.8 Å². The van der Waals surface area contributed by atoms with Crippen LogP contribution in [0.2, 0.25) is 0 Å². The van der Waals surface area contributed by atoms with Crippen molar-refractivity contribution in [3.63, 3.8) is 0 Å². The Labute approximate surface area is 219 Å². The third-order valence-electron chi connectivity index (χ3n) is 6.35. The summed E-state index contributed by atoms with van der Waals surface area (Å²) in [6.45, 7) is 2.47. The van der Waals surface area contributed by atoms with Crippen molar-refractivity contribution in [3.05, 3.63) is 53.3 Å². The van der Waals surface area contributed by atoms with Crippen molar-refractivity contribution >= 4 is 21.6 Å². The maximum atomic E-state index is 13.6. The average Bonchev–Trinajstić information content (AvgIpc) is 2.87. The van der Waals surface area contributed by atoms with E-state index in [1.54, 1.807) is 0 Å². The lowest BCUT2D eigenvalue weighted by Gasteiger charge is -2.43. The molecule has 0 aromatic heterocycles. The number of carbonyl (C=O) groups is 1. The summed E-state index contributed by atoms with van der Waals surface area (Å²) in [5.74, 6) is -1.59. The van der Waals surface area contributed by atoms with Crippen LogP contribution in [0.15, 0.2) is 41.3 Å². The minimum atomic E-state index is -4.91. The predicted molar refractivity (Wildman–Crippen MR) is 133 cm³/mol. The molecule has 3 rings (SSSR count). The number of ether oxygens (including phenoxy) is 2. The first-order chi connectivity index (χ1) is 17.8. The highest BCUT2D eigenvalue weighted by atomic mass is 32.2. The van der Waals surface area contributed by atoms with Crippen LogP contribution in [0.4, 0.5) is 23.2 Å². The van der Waals surface area contributed by atoms with Crippen LogP contribution in [0.25, 0.3) is 0 Å². The van der Waals surface area contributed by atoms with Crippen molar-refractivity contribution < 1.29 is 40.2 Å². The molecule has 0 N–H and O–H groups in total. The van der Waals surface area contributed by atoms with E-state index in [1.807, 2.05) is 11.8 Å². The third-order valence-corrected chi connectivity index (χ3v) is 8.21.